The highest BCUT2D eigenvalue weighted by Crippen LogP contribution is 2.32. The SMILES string of the molecule is CC(=O)CCOCCC(=O)N[C@H](C(=O)NS[C@@H](CCCNC(N)=O)C(=O)Nc1ccc(COC(=O)C(C)C)cc1O[C@@H]1O[C@H](C(=O)O)[C@@H](O)[C@H](O)[C@H]1O)C(C)C. The lowest BCUT2D eigenvalue weighted by Gasteiger charge is -2.38. The summed E-state index contributed by atoms with van der Waals surface area (Å²) in [6.07, 6.45) is -9.36. The van der Waals surface area contributed by atoms with Crippen LogP contribution in [0.1, 0.15) is 65.9 Å². The van der Waals surface area contributed by atoms with E-state index in [4.69, 9.17) is 24.7 Å². The van der Waals surface area contributed by atoms with Crippen molar-refractivity contribution in [3.05, 3.63) is 23.8 Å². The summed E-state index contributed by atoms with van der Waals surface area (Å²) < 4.78 is 24.2. The monoisotopic (exact) mass is 815 g/mol. The molecule has 2 rings (SSSR count). The van der Waals surface area contributed by atoms with Gasteiger partial charge in [-0.15, -0.1) is 0 Å². The van der Waals surface area contributed by atoms with Gasteiger partial charge in [-0.25, -0.2) is 9.59 Å². The van der Waals surface area contributed by atoms with Gasteiger partial charge in [-0.3, -0.25) is 28.7 Å². The van der Waals surface area contributed by atoms with E-state index in [1.165, 1.54) is 25.1 Å². The number of benzene rings is 1. The number of carbonyl (C=O) groups excluding carboxylic acids is 6. The first kappa shape index (κ1) is 47.6. The van der Waals surface area contributed by atoms with E-state index in [2.05, 4.69) is 20.7 Å². The number of urea groups is 1. The lowest BCUT2D eigenvalue weighted by atomic mass is 9.99. The van der Waals surface area contributed by atoms with Gasteiger partial charge in [0.1, 0.15) is 47.7 Å². The number of carboxylic acids is 1. The van der Waals surface area contributed by atoms with Crippen molar-refractivity contribution < 1.29 is 72.9 Å². The third kappa shape index (κ3) is 15.9. The Kier molecular flexibility index (Phi) is 20.0. The average Bonchev–Trinajstić information content (AvgIpc) is 3.12. The zero-order valence-corrected chi connectivity index (χ0v) is 32.7. The number of nitrogens with one attached hydrogen (secondary N) is 4. The molecule has 56 heavy (non-hydrogen) atoms. The summed E-state index contributed by atoms with van der Waals surface area (Å²) in [7, 11) is 0. The number of ether oxygens (including phenoxy) is 4. The first-order valence-electron chi connectivity index (χ1n) is 17.9. The van der Waals surface area contributed by atoms with Crippen molar-refractivity contribution in [2.75, 3.05) is 25.1 Å². The number of hydrogen-bond acceptors (Lipinski definition) is 15. The summed E-state index contributed by atoms with van der Waals surface area (Å²) in [5.74, 6) is -5.05. The van der Waals surface area contributed by atoms with Crippen molar-refractivity contribution in [1.82, 2.24) is 15.4 Å². The standard InChI is InChI=1S/C35H53N5O15S/c1-17(2)25(39-24(42)11-14-52-13-10-19(5)41)31(47)40-56-23(7-6-12-37-35(36)51)30(46)38-21-9-8-20(16-53-33(50)18(3)4)15-22(21)54-34-28(45)26(43)27(44)29(55-34)32(48)49/h8-9,15,17-18,23,25-29,34,43-45H,6-7,10-14,16H2,1-5H3,(H,38,46)(H,39,42)(H,40,47)(H,48,49)(H3,36,37,51)/t23-,25-,26-,27-,28+,29-,34+/m0/s1. The Labute approximate surface area is 328 Å². The fraction of sp³-hybridized carbons (Fsp3) is 0.629. The molecule has 1 heterocycles. The maximum absolute atomic E-state index is 13.8. The Balaban J connectivity index is 2.31. The number of esters is 1. The Bertz CT molecular complexity index is 1530. The van der Waals surface area contributed by atoms with Gasteiger partial charge in [-0.05, 0) is 55.3 Å². The summed E-state index contributed by atoms with van der Waals surface area (Å²) in [5, 5.41) is 47.2. The fourth-order valence-electron chi connectivity index (χ4n) is 4.86. The predicted molar refractivity (Wildman–Crippen MR) is 198 cm³/mol. The Hall–Kier alpha value is -4.54. The predicted octanol–water partition coefficient (Wildman–Crippen LogP) is -0.297. The summed E-state index contributed by atoms with van der Waals surface area (Å²) in [6, 6.07) is 2.37. The number of nitrogens with two attached hydrogens (primary N) is 1. The maximum Gasteiger partial charge on any atom is 0.335 e. The Morgan fingerprint density at radius 2 is 1.62 bits per heavy atom. The van der Waals surface area contributed by atoms with Crippen LogP contribution in [-0.2, 0) is 49.6 Å². The molecule has 314 valence electrons. The smallest absolute Gasteiger partial charge is 0.335 e. The number of aliphatic hydroxyl groups is 3. The number of aliphatic carboxylic acids is 1. The number of carbonyl (C=O) groups is 7. The lowest BCUT2D eigenvalue weighted by molar-refractivity contribution is -0.271. The molecule has 1 saturated heterocycles. The van der Waals surface area contributed by atoms with E-state index in [9.17, 15) is 54.0 Å². The van der Waals surface area contributed by atoms with E-state index in [0.717, 1.165) is 11.9 Å². The van der Waals surface area contributed by atoms with E-state index in [1.807, 2.05) is 0 Å². The molecule has 1 aromatic carbocycles. The van der Waals surface area contributed by atoms with Gasteiger partial charge < -0.3 is 61.1 Å². The number of amides is 5. The van der Waals surface area contributed by atoms with Gasteiger partial charge in [0.05, 0.1) is 24.8 Å². The van der Waals surface area contributed by atoms with E-state index in [0.29, 0.717) is 5.56 Å². The zero-order valence-electron chi connectivity index (χ0n) is 31.9. The highest BCUT2D eigenvalue weighted by atomic mass is 32.2. The van der Waals surface area contributed by atoms with Gasteiger partial charge in [0.15, 0.2) is 6.10 Å². The Morgan fingerprint density at radius 3 is 2.23 bits per heavy atom. The van der Waals surface area contributed by atoms with Crippen LogP contribution in [-0.4, -0.2) is 124 Å². The van der Waals surface area contributed by atoms with Gasteiger partial charge in [-0.1, -0.05) is 33.8 Å². The van der Waals surface area contributed by atoms with Crippen LogP contribution < -0.4 is 31.1 Å². The van der Waals surface area contributed by atoms with E-state index < -0.39 is 83.6 Å². The molecule has 0 unspecified atom stereocenters. The average molecular weight is 816 g/mol. The summed E-state index contributed by atoms with van der Waals surface area (Å²) in [4.78, 5) is 85.8. The minimum atomic E-state index is -2.00. The summed E-state index contributed by atoms with van der Waals surface area (Å²) >= 11 is 0.726. The van der Waals surface area contributed by atoms with Gasteiger partial charge in [0.2, 0.25) is 18.1 Å². The van der Waals surface area contributed by atoms with Crippen LogP contribution in [0.15, 0.2) is 18.2 Å². The van der Waals surface area contributed by atoms with Crippen LogP contribution in [0.3, 0.4) is 0 Å². The fourth-order valence-corrected chi connectivity index (χ4v) is 5.70. The zero-order chi connectivity index (χ0) is 42.1. The van der Waals surface area contributed by atoms with Crippen molar-refractivity contribution >= 4 is 59.1 Å². The van der Waals surface area contributed by atoms with Crippen molar-refractivity contribution in [1.29, 1.82) is 0 Å². The second kappa shape index (κ2) is 23.5. The quantitative estimate of drug-likeness (QED) is 0.0389. The summed E-state index contributed by atoms with van der Waals surface area (Å²) in [6.45, 7) is 8.13. The molecule has 0 radical (unpaired) electrons. The molecule has 0 saturated carbocycles. The third-order valence-electron chi connectivity index (χ3n) is 8.09. The van der Waals surface area contributed by atoms with Crippen LogP contribution in [0.5, 0.6) is 5.75 Å². The second-order valence-electron chi connectivity index (χ2n) is 13.5. The molecule has 7 atom stereocenters. The minimum absolute atomic E-state index is 0.0339. The molecule has 0 aliphatic carbocycles. The molecule has 0 bridgehead atoms. The number of anilines is 1. The van der Waals surface area contributed by atoms with Crippen molar-refractivity contribution in [2.45, 2.75) is 109 Å². The van der Waals surface area contributed by atoms with Crippen molar-refractivity contribution in [3.63, 3.8) is 0 Å². The van der Waals surface area contributed by atoms with E-state index in [1.54, 1.807) is 27.7 Å². The molecular formula is C35H53N5O15S. The van der Waals surface area contributed by atoms with E-state index in [-0.39, 0.29) is 75.2 Å². The molecule has 0 aromatic heterocycles. The van der Waals surface area contributed by atoms with Crippen LogP contribution in [0, 0.1) is 11.8 Å². The molecule has 21 heteroatoms. The number of rotatable bonds is 23. The van der Waals surface area contributed by atoms with Gasteiger partial charge in [0.25, 0.3) is 5.91 Å². The number of hydrogen-bond donors (Lipinski definition) is 9. The van der Waals surface area contributed by atoms with Gasteiger partial charge in [-0.2, -0.15) is 0 Å². The van der Waals surface area contributed by atoms with Crippen LogP contribution in [0.25, 0.3) is 0 Å². The van der Waals surface area contributed by atoms with E-state index >= 15 is 0 Å². The lowest BCUT2D eigenvalue weighted by Crippen LogP contribution is -2.61. The molecule has 5 amide bonds. The summed E-state index contributed by atoms with van der Waals surface area (Å²) in [5.41, 5.74) is 5.45. The second-order valence-corrected chi connectivity index (χ2v) is 14.6. The van der Waals surface area contributed by atoms with Crippen LogP contribution in [0.4, 0.5) is 10.5 Å². The molecule has 0 spiro atoms. The number of primary amides is 1. The molecule has 1 aliphatic heterocycles. The van der Waals surface area contributed by atoms with Crippen molar-refractivity contribution in [2.24, 2.45) is 17.6 Å². The number of aliphatic hydroxyl groups excluding tert-OH is 3. The molecular weight excluding hydrogens is 762 g/mol. The normalized spacial score (nSPS) is 20.4. The largest absolute Gasteiger partial charge is 0.479 e. The first-order chi connectivity index (χ1) is 26.3. The highest BCUT2D eigenvalue weighted by Gasteiger charge is 2.48. The molecule has 1 fully saturated rings. The minimum Gasteiger partial charge on any atom is -0.479 e. The van der Waals surface area contributed by atoms with Crippen molar-refractivity contribution in [3.8, 4) is 5.75 Å². The van der Waals surface area contributed by atoms with Crippen LogP contribution >= 0.6 is 11.9 Å². The first-order valence-corrected chi connectivity index (χ1v) is 18.7. The maximum atomic E-state index is 13.8. The number of ketones is 1. The highest BCUT2D eigenvalue weighted by molar-refractivity contribution is 7.99. The third-order valence-corrected chi connectivity index (χ3v) is 9.14. The molecule has 20 nitrogen and oxygen atoms in total. The molecule has 1 aromatic rings. The molecule has 1 aliphatic rings. The molecule has 10 N–H and O–H groups in total. The number of Topliss-reactive ketones (excluding diaryl/α,β-unsaturated/α-hetero) is 1. The number of carboxylic acid groups (broad SMARTS) is 1. The van der Waals surface area contributed by atoms with Gasteiger partial charge in [0, 0.05) is 19.4 Å². The Morgan fingerprint density at radius 1 is 0.946 bits per heavy atom. The topological polar surface area (TPSA) is 311 Å². The van der Waals surface area contributed by atoms with Crippen LogP contribution in [0.2, 0.25) is 0 Å². The van der Waals surface area contributed by atoms with Gasteiger partial charge >= 0.3 is 18.0 Å².